The van der Waals surface area contributed by atoms with Crippen molar-refractivity contribution in [1.29, 1.82) is 0 Å². The minimum absolute atomic E-state index is 0.000879. The number of nitrogens with zero attached hydrogens (tertiary/aromatic N) is 2. The maximum absolute atomic E-state index is 12.7. The molecule has 31 heavy (non-hydrogen) atoms. The Balaban J connectivity index is 1.47. The molecule has 8 nitrogen and oxygen atoms in total. The molecular weight excluding hydrogens is 396 g/mol. The van der Waals surface area contributed by atoms with Crippen molar-refractivity contribution in [3.05, 3.63) is 58.8 Å². The molecule has 1 aromatic carbocycles. The van der Waals surface area contributed by atoms with Crippen molar-refractivity contribution in [2.24, 2.45) is 5.73 Å². The van der Waals surface area contributed by atoms with Crippen LogP contribution in [0.3, 0.4) is 0 Å². The topological polar surface area (TPSA) is 122 Å². The van der Waals surface area contributed by atoms with Gasteiger partial charge in [-0.15, -0.1) is 0 Å². The second-order valence-corrected chi connectivity index (χ2v) is 7.89. The van der Waals surface area contributed by atoms with Crippen LogP contribution in [-0.4, -0.2) is 53.2 Å². The minimum atomic E-state index is -0.325. The lowest BCUT2D eigenvalue weighted by molar-refractivity contribution is 0.0795. The number of carbonyl (C=O) groups is 2. The summed E-state index contributed by atoms with van der Waals surface area (Å²) in [5.41, 5.74) is 8.98. The summed E-state index contributed by atoms with van der Waals surface area (Å²) >= 11 is 0. The third-order valence-electron chi connectivity index (χ3n) is 5.80. The summed E-state index contributed by atoms with van der Waals surface area (Å²) in [6.07, 6.45) is 8.30. The lowest BCUT2D eigenvalue weighted by Gasteiger charge is -2.16. The van der Waals surface area contributed by atoms with Crippen LogP contribution in [0.5, 0.6) is 5.75 Å². The SMILES string of the molecule is CN(CCN)C(=O)c1ccc(-c2cc(C(=O)N[C@@H]3CCC4=C3C=CCC4)no2)cc1O. The van der Waals surface area contributed by atoms with Gasteiger partial charge in [0, 0.05) is 31.8 Å². The number of hydrogen-bond donors (Lipinski definition) is 3. The summed E-state index contributed by atoms with van der Waals surface area (Å²) in [7, 11) is 1.62. The van der Waals surface area contributed by atoms with Crippen molar-refractivity contribution < 1.29 is 19.2 Å². The van der Waals surface area contributed by atoms with Crippen LogP contribution < -0.4 is 11.1 Å². The number of allylic oxidation sites excluding steroid dienone is 2. The van der Waals surface area contributed by atoms with Gasteiger partial charge in [-0.25, -0.2) is 0 Å². The molecule has 4 N–H and O–H groups in total. The lowest BCUT2D eigenvalue weighted by atomic mass is 9.99. The smallest absolute Gasteiger partial charge is 0.273 e. The van der Waals surface area contributed by atoms with Crippen LogP contribution in [0.25, 0.3) is 11.3 Å². The van der Waals surface area contributed by atoms with Crippen molar-refractivity contribution in [1.82, 2.24) is 15.4 Å². The number of aromatic nitrogens is 1. The quantitative estimate of drug-likeness (QED) is 0.658. The molecule has 0 aliphatic heterocycles. The molecule has 2 aliphatic rings. The Morgan fingerprint density at radius 2 is 2.16 bits per heavy atom. The van der Waals surface area contributed by atoms with Crippen molar-refractivity contribution in [2.45, 2.75) is 31.7 Å². The number of amides is 2. The van der Waals surface area contributed by atoms with E-state index in [-0.39, 0.29) is 34.9 Å². The number of likely N-dealkylation sites (N-methyl/N-ethyl adjacent to an activating group) is 1. The highest BCUT2D eigenvalue weighted by Gasteiger charge is 2.27. The minimum Gasteiger partial charge on any atom is -0.507 e. The van der Waals surface area contributed by atoms with Crippen LogP contribution in [0, 0.1) is 0 Å². The molecule has 1 heterocycles. The normalized spacial score (nSPS) is 17.5. The Kier molecular flexibility index (Phi) is 5.90. The predicted molar refractivity (Wildman–Crippen MR) is 116 cm³/mol. The first kappa shape index (κ1) is 20.9. The maximum atomic E-state index is 12.7. The largest absolute Gasteiger partial charge is 0.507 e. The first-order valence-electron chi connectivity index (χ1n) is 10.4. The van der Waals surface area contributed by atoms with Crippen LogP contribution in [0.4, 0.5) is 0 Å². The summed E-state index contributed by atoms with van der Waals surface area (Å²) < 4.78 is 5.32. The van der Waals surface area contributed by atoms with Gasteiger partial charge in [-0.05, 0) is 43.4 Å². The summed E-state index contributed by atoms with van der Waals surface area (Å²) in [5.74, 6) is -0.469. The zero-order valence-corrected chi connectivity index (χ0v) is 17.4. The molecule has 2 aromatic rings. The molecule has 2 amide bonds. The number of carbonyl (C=O) groups excluding carboxylic acids is 2. The summed E-state index contributed by atoms with van der Waals surface area (Å²) in [4.78, 5) is 26.5. The van der Waals surface area contributed by atoms with E-state index in [9.17, 15) is 14.7 Å². The molecular formula is C23H26N4O4. The molecule has 8 heteroatoms. The zero-order valence-electron chi connectivity index (χ0n) is 17.4. The van der Waals surface area contributed by atoms with Crippen LogP contribution in [-0.2, 0) is 0 Å². The van der Waals surface area contributed by atoms with Gasteiger partial charge in [0.2, 0.25) is 0 Å². The second kappa shape index (κ2) is 8.77. The van der Waals surface area contributed by atoms with E-state index in [2.05, 4.69) is 22.6 Å². The van der Waals surface area contributed by atoms with Crippen LogP contribution in [0.1, 0.15) is 46.5 Å². The molecule has 0 unspecified atom stereocenters. The molecule has 1 atom stereocenters. The van der Waals surface area contributed by atoms with Gasteiger partial charge < -0.3 is 25.6 Å². The highest BCUT2D eigenvalue weighted by molar-refractivity contribution is 5.97. The number of nitrogens with two attached hydrogens (primary N) is 1. The number of phenolic OH excluding ortho intramolecular Hbond substituents is 1. The molecule has 2 aliphatic carbocycles. The zero-order chi connectivity index (χ0) is 22.0. The Bertz CT molecular complexity index is 1070. The molecule has 0 saturated heterocycles. The van der Waals surface area contributed by atoms with E-state index in [1.54, 1.807) is 13.1 Å². The van der Waals surface area contributed by atoms with Crippen molar-refractivity contribution in [3.8, 4) is 17.1 Å². The van der Waals surface area contributed by atoms with Gasteiger partial charge in [-0.1, -0.05) is 28.9 Å². The lowest BCUT2D eigenvalue weighted by Crippen LogP contribution is -2.34. The van der Waals surface area contributed by atoms with Crippen LogP contribution in [0.2, 0.25) is 0 Å². The number of hydrogen-bond acceptors (Lipinski definition) is 6. The third kappa shape index (κ3) is 4.25. The standard InChI is InChI=1S/C23H26N4O4/c1-27(11-10-24)23(30)17-8-6-15(12-20(17)28)21-13-19(26-31-21)22(29)25-18-9-7-14-4-2-3-5-16(14)18/h3,5-6,8,12-13,18,28H,2,4,7,9-11,24H2,1H3,(H,25,29)/t18-/m1/s1. The fraction of sp³-hybridized carbons (Fsp3) is 0.348. The highest BCUT2D eigenvalue weighted by atomic mass is 16.5. The Labute approximate surface area is 180 Å². The maximum Gasteiger partial charge on any atom is 0.273 e. The first-order valence-corrected chi connectivity index (χ1v) is 10.4. The number of phenols is 1. The Morgan fingerprint density at radius 1 is 1.32 bits per heavy atom. The van der Waals surface area contributed by atoms with E-state index in [1.807, 2.05) is 0 Å². The monoisotopic (exact) mass is 422 g/mol. The third-order valence-corrected chi connectivity index (χ3v) is 5.80. The molecule has 0 fully saturated rings. The average molecular weight is 422 g/mol. The fourth-order valence-corrected chi connectivity index (χ4v) is 4.10. The van der Waals surface area contributed by atoms with Crippen LogP contribution >= 0.6 is 0 Å². The van der Waals surface area contributed by atoms with E-state index in [0.29, 0.717) is 24.4 Å². The first-order chi connectivity index (χ1) is 15.0. The van der Waals surface area contributed by atoms with Crippen molar-refractivity contribution in [3.63, 3.8) is 0 Å². The Morgan fingerprint density at radius 3 is 2.94 bits per heavy atom. The Hall–Kier alpha value is -3.39. The number of aromatic hydroxyl groups is 1. The van der Waals surface area contributed by atoms with E-state index in [1.165, 1.54) is 34.2 Å². The van der Waals surface area contributed by atoms with Gasteiger partial charge in [0.15, 0.2) is 11.5 Å². The van der Waals surface area contributed by atoms with Gasteiger partial charge in [-0.2, -0.15) is 0 Å². The molecule has 0 radical (unpaired) electrons. The van der Waals surface area contributed by atoms with Gasteiger partial charge >= 0.3 is 0 Å². The van der Waals surface area contributed by atoms with Crippen molar-refractivity contribution >= 4 is 11.8 Å². The van der Waals surface area contributed by atoms with Crippen LogP contribution in [0.15, 0.2) is 52.1 Å². The van der Waals surface area contributed by atoms with E-state index >= 15 is 0 Å². The molecule has 1 aromatic heterocycles. The summed E-state index contributed by atoms with van der Waals surface area (Å²) in [6, 6.07) is 6.12. The van der Waals surface area contributed by atoms with E-state index in [4.69, 9.17) is 10.3 Å². The number of nitrogens with one attached hydrogen (secondary N) is 1. The highest BCUT2D eigenvalue weighted by Crippen LogP contribution is 2.34. The molecule has 4 rings (SSSR count). The van der Waals surface area contributed by atoms with Gasteiger partial charge in [-0.3, -0.25) is 9.59 Å². The molecule has 0 saturated carbocycles. The summed E-state index contributed by atoms with van der Waals surface area (Å²) in [5, 5.41) is 17.2. The predicted octanol–water partition coefficient (Wildman–Crippen LogP) is 2.62. The molecule has 0 bridgehead atoms. The molecule has 162 valence electrons. The average Bonchev–Trinajstić information content (AvgIpc) is 3.41. The van der Waals surface area contributed by atoms with Gasteiger partial charge in [0.25, 0.3) is 11.8 Å². The van der Waals surface area contributed by atoms with E-state index in [0.717, 1.165) is 25.7 Å². The number of rotatable bonds is 6. The van der Waals surface area contributed by atoms with Gasteiger partial charge in [0.1, 0.15) is 5.75 Å². The fourth-order valence-electron chi connectivity index (χ4n) is 4.10. The second-order valence-electron chi connectivity index (χ2n) is 7.89. The van der Waals surface area contributed by atoms with Crippen molar-refractivity contribution in [2.75, 3.05) is 20.1 Å². The van der Waals surface area contributed by atoms with E-state index < -0.39 is 0 Å². The molecule has 0 spiro atoms. The number of benzene rings is 1. The summed E-state index contributed by atoms with van der Waals surface area (Å²) in [6.45, 7) is 0.718. The van der Waals surface area contributed by atoms with Gasteiger partial charge in [0.05, 0.1) is 11.6 Å².